The number of methoxy groups -OCH3 is 1. The molecule has 0 saturated heterocycles. The average Bonchev–Trinajstić information content (AvgIpc) is 2.53. The quantitative estimate of drug-likeness (QED) is 0.864. The van der Waals surface area contributed by atoms with Crippen LogP contribution in [0, 0.1) is 5.82 Å². The Morgan fingerprint density at radius 3 is 2.38 bits per heavy atom. The standard InChI is InChI=1S/C18H22FNO/c1-4-13-9-11-14(12-10-13)18(20-5-2)15-7-6-8-16(21-3)17(15)19/h6-12,18,20H,4-5H2,1-3H3. The highest BCUT2D eigenvalue weighted by Gasteiger charge is 2.19. The lowest BCUT2D eigenvalue weighted by Crippen LogP contribution is -2.23. The van der Waals surface area contributed by atoms with E-state index in [1.165, 1.54) is 12.7 Å². The molecule has 0 amide bonds. The van der Waals surface area contributed by atoms with Gasteiger partial charge in [-0.3, -0.25) is 0 Å². The van der Waals surface area contributed by atoms with E-state index in [0.29, 0.717) is 5.56 Å². The van der Waals surface area contributed by atoms with E-state index in [-0.39, 0.29) is 17.6 Å². The molecule has 21 heavy (non-hydrogen) atoms. The van der Waals surface area contributed by atoms with E-state index in [1.54, 1.807) is 12.1 Å². The van der Waals surface area contributed by atoms with Gasteiger partial charge >= 0.3 is 0 Å². The van der Waals surface area contributed by atoms with Gasteiger partial charge in [-0.1, -0.05) is 50.2 Å². The topological polar surface area (TPSA) is 21.3 Å². The molecule has 1 atom stereocenters. The number of aryl methyl sites for hydroxylation is 1. The summed E-state index contributed by atoms with van der Waals surface area (Å²) in [6.07, 6.45) is 1.000. The van der Waals surface area contributed by atoms with Gasteiger partial charge in [-0.2, -0.15) is 0 Å². The zero-order valence-corrected chi connectivity index (χ0v) is 12.8. The van der Waals surface area contributed by atoms with Crippen molar-refractivity contribution in [1.82, 2.24) is 5.32 Å². The molecule has 0 radical (unpaired) electrons. The highest BCUT2D eigenvalue weighted by atomic mass is 19.1. The van der Waals surface area contributed by atoms with Crippen molar-refractivity contribution in [2.75, 3.05) is 13.7 Å². The smallest absolute Gasteiger partial charge is 0.170 e. The molecule has 112 valence electrons. The lowest BCUT2D eigenvalue weighted by Gasteiger charge is -2.20. The highest BCUT2D eigenvalue weighted by Crippen LogP contribution is 2.29. The van der Waals surface area contributed by atoms with Gasteiger partial charge in [-0.05, 0) is 30.2 Å². The van der Waals surface area contributed by atoms with Crippen LogP contribution in [-0.2, 0) is 6.42 Å². The second-order valence-electron chi connectivity index (χ2n) is 4.95. The van der Waals surface area contributed by atoms with E-state index < -0.39 is 0 Å². The number of hydrogen-bond donors (Lipinski definition) is 1. The average molecular weight is 287 g/mol. The van der Waals surface area contributed by atoms with E-state index >= 15 is 0 Å². The van der Waals surface area contributed by atoms with Gasteiger partial charge < -0.3 is 10.1 Å². The van der Waals surface area contributed by atoms with Gasteiger partial charge in [0.1, 0.15) is 0 Å². The molecule has 0 fully saturated rings. The molecule has 0 heterocycles. The van der Waals surface area contributed by atoms with Crippen molar-refractivity contribution >= 4 is 0 Å². The summed E-state index contributed by atoms with van der Waals surface area (Å²) in [6, 6.07) is 13.4. The summed E-state index contributed by atoms with van der Waals surface area (Å²) in [5.41, 5.74) is 2.95. The van der Waals surface area contributed by atoms with Crippen LogP contribution in [0.15, 0.2) is 42.5 Å². The maximum Gasteiger partial charge on any atom is 0.170 e. The molecule has 2 rings (SSSR count). The first-order valence-electron chi connectivity index (χ1n) is 7.35. The predicted octanol–water partition coefficient (Wildman–Crippen LogP) is 4.10. The Labute approximate surface area is 126 Å². The minimum Gasteiger partial charge on any atom is -0.494 e. The largest absolute Gasteiger partial charge is 0.494 e. The zero-order chi connectivity index (χ0) is 15.2. The molecule has 0 saturated carbocycles. The van der Waals surface area contributed by atoms with Crippen LogP contribution in [0.3, 0.4) is 0 Å². The maximum atomic E-state index is 14.5. The zero-order valence-electron chi connectivity index (χ0n) is 12.8. The van der Waals surface area contributed by atoms with Crippen LogP contribution in [0.1, 0.15) is 36.6 Å². The molecule has 3 heteroatoms. The first-order valence-corrected chi connectivity index (χ1v) is 7.35. The van der Waals surface area contributed by atoms with Gasteiger partial charge in [-0.25, -0.2) is 4.39 Å². The summed E-state index contributed by atoms with van der Waals surface area (Å²) in [6.45, 7) is 4.90. The second-order valence-corrected chi connectivity index (χ2v) is 4.95. The number of hydrogen-bond acceptors (Lipinski definition) is 2. The lowest BCUT2D eigenvalue weighted by molar-refractivity contribution is 0.382. The molecule has 2 aromatic rings. The van der Waals surface area contributed by atoms with Crippen LogP contribution in [0.2, 0.25) is 0 Å². The molecule has 1 N–H and O–H groups in total. The molecule has 2 nitrogen and oxygen atoms in total. The molecule has 0 aromatic heterocycles. The summed E-state index contributed by atoms with van der Waals surface area (Å²) >= 11 is 0. The molecule has 0 spiro atoms. The van der Waals surface area contributed by atoms with Gasteiger partial charge in [0.25, 0.3) is 0 Å². The molecule has 0 aliphatic carbocycles. The maximum absolute atomic E-state index is 14.5. The monoisotopic (exact) mass is 287 g/mol. The van der Waals surface area contributed by atoms with Crippen LogP contribution in [-0.4, -0.2) is 13.7 Å². The molecular formula is C18H22FNO. The van der Waals surface area contributed by atoms with Gasteiger partial charge in [0.2, 0.25) is 0 Å². The Hall–Kier alpha value is -1.87. The van der Waals surface area contributed by atoms with E-state index in [2.05, 4.69) is 36.5 Å². The summed E-state index contributed by atoms with van der Waals surface area (Å²) in [7, 11) is 1.49. The third-order valence-corrected chi connectivity index (χ3v) is 3.65. The van der Waals surface area contributed by atoms with Crippen molar-refractivity contribution in [2.24, 2.45) is 0 Å². The summed E-state index contributed by atoms with van der Waals surface area (Å²) in [5, 5.41) is 3.35. The normalized spacial score (nSPS) is 12.2. The number of benzene rings is 2. The van der Waals surface area contributed by atoms with Crippen LogP contribution in [0.4, 0.5) is 4.39 Å². The fourth-order valence-corrected chi connectivity index (χ4v) is 2.47. The lowest BCUT2D eigenvalue weighted by atomic mass is 9.96. The first-order chi connectivity index (χ1) is 10.2. The van der Waals surface area contributed by atoms with E-state index in [4.69, 9.17) is 4.74 Å². The Kier molecular flexibility index (Phi) is 5.34. The molecule has 0 aliphatic rings. The Morgan fingerprint density at radius 1 is 1.10 bits per heavy atom. The van der Waals surface area contributed by atoms with Crippen molar-refractivity contribution in [3.05, 3.63) is 65.0 Å². The fourth-order valence-electron chi connectivity index (χ4n) is 2.47. The fraction of sp³-hybridized carbons (Fsp3) is 0.333. The van der Waals surface area contributed by atoms with Gasteiger partial charge in [0.05, 0.1) is 13.2 Å². The number of nitrogens with one attached hydrogen (secondary N) is 1. The minimum absolute atomic E-state index is 0.170. The van der Waals surface area contributed by atoms with Gasteiger partial charge in [0.15, 0.2) is 11.6 Å². The third kappa shape index (κ3) is 3.42. The first kappa shape index (κ1) is 15.5. The Bertz CT molecular complexity index is 580. The van der Waals surface area contributed by atoms with E-state index in [1.807, 2.05) is 13.0 Å². The molecule has 2 aromatic carbocycles. The van der Waals surface area contributed by atoms with Crippen molar-refractivity contribution in [3.63, 3.8) is 0 Å². The minimum atomic E-state index is -0.300. The van der Waals surface area contributed by atoms with E-state index in [0.717, 1.165) is 18.5 Å². The van der Waals surface area contributed by atoms with Crippen LogP contribution < -0.4 is 10.1 Å². The Morgan fingerprint density at radius 2 is 1.81 bits per heavy atom. The molecular weight excluding hydrogens is 265 g/mol. The van der Waals surface area contributed by atoms with Gasteiger partial charge in [0, 0.05) is 5.56 Å². The summed E-state index contributed by atoms with van der Waals surface area (Å²) in [5.74, 6) is -0.0221. The Balaban J connectivity index is 2.42. The van der Waals surface area contributed by atoms with Crippen molar-refractivity contribution in [3.8, 4) is 5.75 Å². The summed E-state index contributed by atoms with van der Waals surface area (Å²) in [4.78, 5) is 0. The van der Waals surface area contributed by atoms with Crippen molar-refractivity contribution in [1.29, 1.82) is 0 Å². The van der Waals surface area contributed by atoms with Crippen LogP contribution >= 0.6 is 0 Å². The third-order valence-electron chi connectivity index (χ3n) is 3.65. The SMILES string of the molecule is CCNC(c1ccc(CC)cc1)c1cccc(OC)c1F. The van der Waals surface area contributed by atoms with Crippen LogP contribution in [0.5, 0.6) is 5.75 Å². The number of halogens is 1. The van der Waals surface area contributed by atoms with Crippen LogP contribution in [0.25, 0.3) is 0 Å². The van der Waals surface area contributed by atoms with Crippen molar-refractivity contribution < 1.29 is 9.13 Å². The second kappa shape index (κ2) is 7.23. The summed E-state index contributed by atoms with van der Waals surface area (Å²) < 4.78 is 19.6. The number of rotatable bonds is 6. The predicted molar refractivity (Wildman–Crippen MR) is 84.3 cm³/mol. The molecule has 0 bridgehead atoms. The highest BCUT2D eigenvalue weighted by molar-refractivity contribution is 5.39. The number of ether oxygens (including phenoxy) is 1. The van der Waals surface area contributed by atoms with Crippen molar-refractivity contribution in [2.45, 2.75) is 26.3 Å². The van der Waals surface area contributed by atoms with E-state index in [9.17, 15) is 4.39 Å². The van der Waals surface area contributed by atoms with Gasteiger partial charge in [-0.15, -0.1) is 0 Å². The molecule has 0 aliphatic heterocycles. The molecule has 1 unspecified atom stereocenters.